The maximum Gasteiger partial charge on any atom is 0.123 e. The summed E-state index contributed by atoms with van der Waals surface area (Å²) in [5.41, 5.74) is 1.17. The molecule has 0 aliphatic heterocycles. The first-order valence-electron chi connectivity index (χ1n) is 6.67. The van der Waals surface area contributed by atoms with E-state index in [1.165, 1.54) is 5.56 Å². The minimum atomic E-state index is 0.769. The van der Waals surface area contributed by atoms with Gasteiger partial charge in [-0.3, -0.25) is 0 Å². The summed E-state index contributed by atoms with van der Waals surface area (Å²) in [7, 11) is 1.70. The van der Waals surface area contributed by atoms with Crippen molar-refractivity contribution in [1.82, 2.24) is 14.9 Å². The van der Waals surface area contributed by atoms with Crippen LogP contribution < -0.4 is 10.1 Å². The second-order valence-corrected chi connectivity index (χ2v) is 4.45. The number of imidazole rings is 1. The first-order valence-corrected chi connectivity index (χ1v) is 6.67. The number of ether oxygens (including phenoxy) is 1. The number of rotatable bonds is 7. The van der Waals surface area contributed by atoms with Crippen molar-refractivity contribution in [2.24, 2.45) is 0 Å². The number of nitrogens with one attached hydrogen (secondary N) is 1. The third kappa shape index (κ3) is 3.58. The van der Waals surface area contributed by atoms with E-state index in [0.29, 0.717) is 0 Å². The number of aryl methyl sites for hydroxylation is 1. The number of hydrogen-bond donors (Lipinski definition) is 1. The Morgan fingerprint density at radius 1 is 1.26 bits per heavy atom. The lowest BCUT2D eigenvalue weighted by molar-refractivity contribution is 0.407. The largest absolute Gasteiger partial charge is 0.496 e. The summed E-state index contributed by atoms with van der Waals surface area (Å²) < 4.78 is 7.52. The van der Waals surface area contributed by atoms with E-state index in [1.54, 1.807) is 7.11 Å². The van der Waals surface area contributed by atoms with Crippen molar-refractivity contribution in [3.63, 3.8) is 0 Å². The van der Waals surface area contributed by atoms with Gasteiger partial charge in [-0.1, -0.05) is 25.1 Å². The number of para-hydroxylation sites is 1. The van der Waals surface area contributed by atoms with Gasteiger partial charge in [0.1, 0.15) is 11.6 Å². The Morgan fingerprint density at radius 3 is 2.89 bits per heavy atom. The van der Waals surface area contributed by atoms with Crippen molar-refractivity contribution in [2.45, 2.75) is 33.0 Å². The molecule has 0 atom stereocenters. The van der Waals surface area contributed by atoms with Gasteiger partial charge in [-0.25, -0.2) is 4.98 Å². The second kappa shape index (κ2) is 6.95. The van der Waals surface area contributed by atoms with E-state index in [9.17, 15) is 0 Å². The van der Waals surface area contributed by atoms with Crippen LogP contribution in [0.15, 0.2) is 36.7 Å². The fourth-order valence-electron chi connectivity index (χ4n) is 2.11. The topological polar surface area (TPSA) is 39.1 Å². The van der Waals surface area contributed by atoms with Crippen LogP contribution in [-0.2, 0) is 19.6 Å². The third-order valence-electron chi connectivity index (χ3n) is 3.06. The van der Waals surface area contributed by atoms with Crippen LogP contribution >= 0.6 is 0 Å². The van der Waals surface area contributed by atoms with E-state index in [0.717, 1.165) is 37.6 Å². The molecular formula is C15H21N3O. The van der Waals surface area contributed by atoms with Crippen LogP contribution in [0.5, 0.6) is 5.75 Å². The summed E-state index contributed by atoms with van der Waals surface area (Å²) >= 11 is 0. The fourth-order valence-corrected chi connectivity index (χ4v) is 2.11. The van der Waals surface area contributed by atoms with Gasteiger partial charge in [-0.2, -0.15) is 0 Å². The first kappa shape index (κ1) is 13.6. The molecule has 0 bridgehead atoms. The summed E-state index contributed by atoms with van der Waals surface area (Å²) in [5.74, 6) is 2.00. The van der Waals surface area contributed by atoms with Gasteiger partial charge in [0.2, 0.25) is 0 Å². The molecule has 102 valence electrons. The van der Waals surface area contributed by atoms with Crippen LogP contribution in [0.3, 0.4) is 0 Å². The van der Waals surface area contributed by atoms with Gasteiger partial charge in [0.15, 0.2) is 0 Å². The van der Waals surface area contributed by atoms with Crippen molar-refractivity contribution < 1.29 is 4.74 Å². The average Bonchev–Trinajstić information content (AvgIpc) is 2.87. The zero-order valence-electron chi connectivity index (χ0n) is 11.6. The normalized spacial score (nSPS) is 10.6. The van der Waals surface area contributed by atoms with Gasteiger partial charge in [-0.15, -0.1) is 0 Å². The Balaban J connectivity index is 1.91. The standard InChI is InChI=1S/C15H21N3O/c1-3-9-18-10-8-17-15(18)12-16-11-13-6-4-5-7-14(13)19-2/h4-8,10,16H,3,9,11-12H2,1-2H3. The van der Waals surface area contributed by atoms with Crippen LogP contribution in [0.2, 0.25) is 0 Å². The quantitative estimate of drug-likeness (QED) is 0.830. The Labute approximate surface area is 114 Å². The average molecular weight is 259 g/mol. The fraction of sp³-hybridized carbons (Fsp3) is 0.400. The lowest BCUT2D eigenvalue weighted by Crippen LogP contribution is -2.17. The van der Waals surface area contributed by atoms with Crippen LogP contribution in [0.4, 0.5) is 0 Å². The van der Waals surface area contributed by atoms with E-state index in [4.69, 9.17) is 4.74 Å². The van der Waals surface area contributed by atoms with Crippen LogP contribution in [-0.4, -0.2) is 16.7 Å². The number of aromatic nitrogens is 2. The lowest BCUT2D eigenvalue weighted by atomic mass is 10.2. The van der Waals surface area contributed by atoms with Crippen molar-refractivity contribution in [2.75, 3.05) is 7.11 Å². The Morgan fingerprint density at radius 2 is 2.11 bits per heavy atom. The van der Waals surface area contributed by atoms with Crippen molar-refractivity contribution in [3.05, 3.63) is 48.0 Å². The van der Waals surface area contributed by atoms with Crippen molar-refractivity contribution >= 4 is 0 Å². The number of nitrogens with zero attached hydrogens (tertiary/aromatic N) is 2. The van der Waals surface area contributed by atoms with E-state index >= 15 is 0 Å². The highest BCUT2D eigenvalue weighted by atomic mass is 16.5. The van der Waals surface area contributed by atoms with Gasteiger partial charge in [0, 0.05) is 31.0 Å². The molecular weight excluding hydrogens is 238 g/mol. The van der Waals surface area contributed by atoms with Crippen LogP contribution in [0.25, 0.3) is 0 Å². The summed E-state index contributed by atoms with van der Waals surface area (Å²) in [4.78, 5) is 4.38. The minimum absolute atomic E-state index is 0.769. The summed E-state index contributed by atoms with van der Waals surface area (Å²) in [5, 5.41) is 3.41. The molecule has 1 aromatic carbocycles. The predicted molar refractivity (Wildman–Crippen MR) is 76.1 cm³/mol. The molecule has 1 aromatic heterocycles. The van der Waals surface area contributed by atoms with Gasteiger partial charge in [0.05, 0.1) is 13.7 Å². The Kier molecular flexibility index (Phi) is 4.98. The van der Waals surface area contributed by atoms with Crippen molar-refractivity contribution in [3.8, 4) is 5.75 Å². The monoisotopic (exact) mass is 259 g/mol. The molecule has 4 heteroatoms. The summed E-state index contributed by atoms with van der Waals surface area (Å²) in [6, 6.07) is 8.06. The first-order chi connectivity index (χ1) is 9.35. The maximum atomic E-state index is 5.33. The van der Waals surface area contributed by atoms with Gasteiger partial charge in [0.25, 0.3) is 0 Å². The molecule has 19 heavy (non-hydrogen) atoms. The van der Waals surface area contributed by atoms with E-state index < -0.39 is 0 Å². The number of benzene rings is 1. The van der Waals surface area contributed by atoms with E-state index in [2.05, 4.69) is 27.9 Å². The van der Waals surface area contributed by atoms with Crippen LogP contribution in [0.1, 0.15) is 24.7 Å². The highest BCUT2D eigenvalue weighted by molar-refractivity contribution is 5.32. The SMILES string of the molecule is CCCn1ccnc1CNCc1ccccc1OC. The molecule has 0 unspecified atom stereocenters. The number of hydrogen-bond acceptors (Lipinski definition) is 3. The minimum Gasteiger partial charge on any atom is -0.496 e. The lowest BCUT2D eigenvalue weighted by Gasteiger charge is -2.10. The zero-order valence-corrected chi connectivity index (χ0v) is 11.6. The Bertz CT molecular complexity index is 508. The molecule has 0 fully saturated rings. The smallest absolute Gasteiger partial charge is 0.123 e. The van der Waals surface area contributed by atoms with E-state index in [1.807, 2.05) is 30.6 Å². The molecule has 0 aliphatic rings. The molecule has 0 amide bonds. The molecule has 1 heterocycles. The molecule has 4 nitrogen and oxygen atoms in total. The molecule has 0 saturated heterocycles. The van der Waals surface area contributed by atoms with Crippen molar-refractivity contribution in [1.29, 1.82) is 0 Å². The molecule has 2 aromatic rings. The molecule has 0 saturated carbocycles. The van der Waals surface area contributed by atoms with Gasteiger partial charge < -0.3 is 14.6 Å². The van der Waals surface area contributed by atoms with Gasteiger partial charge in [-0.05, 0) is 12.5 Å². The third-order valence-corrected chi connectivity index (χ3v) is 3.06. The predicted octanol–water partition coefficient (Wildman–Crippen LogP) is 2.59. The Hall–Kier alpha value is -1.81. The molecule has 1 N–H and O–H groups in total. The molecule has 2 rings (SSSR count). The second-order valence-electron chi connectivity index (χ2n) is 4.45. The van der Waals surface area contributed by atoms with Gasteiger partial charge >= 0.3 is 0 Å². The highest BCUT2D eigenvalue weighted by Crippen LogP contribution is 2.16. The summed E-state index contributed by atoms with van der Waals surface area (Å²) in [6.45, 7) is 4.74. The van der Waals surface area contributed by atoms with E-state index in [-0.39, 0.29) is 0 Å². The zero-order chi connectivity index (χ0) is 13.5. The highest BCUT2D eigenvalue weighted by Gasteiger charge is 2.04. The maximum absolute atomic E-state index is 5.33. The summed E-state index contributed by atoms with van der Waals surface area (Å²) in [6.07, 6.45) is 5.01. The molecule has 0 aliphatic carbocycles. The molecule has 0 radical (unpaired) electrons. The van der Waals surface area contributed by atoms with Crippen LogP contribution in [0, 0.1) is 0 Å². The number of methoxy groups -OCH3 is 1. The molecule has 0 spiro atoms.